The van der Waals surface area contributed by atoms with Gasteiger partial charge in [0.1, 0.15) is 32.7 Å². The average molecular weight is 841 g/mol. The fraction of sp³-hybridized carbons (Fsp3) is 0.560. The van der Waals surface area contributed by atoms with Crippen molar-refractivity contribution in [2.24, 2.45) is 69.2 Å². The number of ketones is 4. The lowest BCUT2D eigenvalue weighted by Crippen LogP contribution is -2.39. The highest BCUT2D eigenvalue weighted by atomic mass is 32.1. The molecule has 0 N–H and O–H groups in total. The maximum absolute atomic E-state index is 13.7. The first kappa shape index (κ1) is 37.7. The molecule has 0 spiro atoms. The van der Waals surface area contributed by atoms with Gasteiger partial charge in [-0.3, -0.25) is 19.2 Å². The van der Waals surface area contributed by atoms with E-state index in [2.05, 4.69) is 52.0 Å². The number of allylic oxidation sites excluding steroid dienone is 4. The van der Waals surface area contributed by atoms with E-state index < -0.39 is 11.2 Å². The molecule has 2 aromatic rings. The fourth-order valence-corrected chi connectivity index (χ4v) is 15.5. The molecule has 10 heteroatoms. The van der Waals surface area contributed by atoms with E-state index in [0.717, 1.165) is 69.2 Å². The molecule has 0 radical (unpaired) electrons. The van der Waals surface area contributed by atoms with E-state index in [-0.39, 0.29) is 70.1 Å². The number of aliphatic imine (C=N–C) groups is 2. The lowest BCUT2D eigenvalue weighted by atomic mass is 9.64. The highest BCUT2D eigenvalue weighted by Gasteiger charge is 2.54. The summed E-state index contributed by atoms with van der Waals surface area (Å²) in [5.41, 5.74) is 3.49. The molecule has 6 saturated carbocycles. The third-order valence-corrected chi connectivity index (χ3v) is 18.5. The Labute approximate surface area is 359 Å². The van der Waals surface area contributed by atoms with Crippen LogP contribution in [0.4, 0.5) is 10.0 Å². The van der Waals surface area contributed by atoms with Crippen molar-refractivity contribution in [2.75, 3.05) is 0 Å². The summed E-state index contributed by atoms with van der Waals surface area (Å²) >= 11 is 3.00. The molecule has 6 fully saturated rings. The quantitative estimate of drug-likeness (QED) is 0.298. The van der Waals surface area contributed by atoms with Gasteiger partial charge in [-0.2, -0.15) is 0 Å². The summed E-state index contributed by atoms with van der Waals surface area (Å²) < 4.78 is 13.4. The van der Waals surface area contributed by atoms with Crippen LogP contribution in [-0.2, 0) is 19.2 Å². The van der Waals surface area contributed by atoms with Gasteiger partial charge in [-0.15, -0.1) is 22.7 Å². The first-order valence-electron chi connectivity index (χ1n) is 22.7. The van der Waals surface area contributed by atoms with Gasteiger partial charge in [0.15, 0.2) is 34.6 Å². The summed E-state index contributed by atoms with van der Waals surface area (Å²) in [4.78, 5) is 66.6. The van der Waals surface area contributed by atoms with Gasteiger partial charge in [0.05, 0.1) is 9.75 Å². The van der Waals surface area contributed by atoms with Crippen molar-refractivity contribution in [3.63, 3.8) is 0 Å². The van der Waals surface area contributed by atoms with E-state index in [0.29, 0.717) is 33.7 Å². The van der Waals surface area contributed by atoms with E-state index in [1.807, 2.05) is 12.1 Å². The zero-order valence-corrected chi connectivity index (χ0v) is 36.5. The minimum atomic E-state index is -0.621. The van der Waals surface area contributed by atoms with Gasteiger partial charge in [-0.05, 0) is 99.3 Å². The number of hydrogen-bond donors (Lipinski definition) is 0. The summed E-state index contributed by atoms with van der Waals surface area (Å²) in [7, 11) is 0. The lowest BCUT2D eigenvalue weighted by Gasteiger charge is -2.42. The largest absolute Gasteiger partial charge is 0.482 e. The molecule has 2 aromatic heterocycles. The van der Waals surface area contributed by atoms with Crippen molar-refractivity contribution in [2.45, 2.75) is 116 Å². The summed E-state index contributed by atoms with van der Waals surface area (Å²) in [6.45, 7) is 8.39. The van der Waals surface area contributed by atoms with Crippen molar-refractivity contribution in [1.82, 2.24) is 0 Å². The molecule has 0 bridgehead atoms. The van der Waals surface area contributed by atoms with Crippen molar-refractivity contribution < 1.29 is 28.7 Å². The van der Waals surface area contributed by atoms with Gasteiger partial charge in [-0.1, -0.05) is 75.7 Å². The average Bonchev–Trinajstić information content (AvgIpc) is 3.94. The normalized spacial score (nSPS) is 36.5. The second-order valence-electron chi connectivity index (χ2n) is 20.6. The second kappa shape index (κ2) is 13.2. The van der Waals surface area contributed by atoms with Gasteiger partial charge in [0.2, 0.25) is 0 Å². The molecule has 8 aliphatic carbocycles. The van der Waals surface area contributed by atoms with E-state index in [1.54, 1.807) is 0 Å². The zero-order chi connectivity index (χ0) is 41.0. The van der Waals surface area contributed by atoms with Gasteiger partial charge >= 0.3 is 0 Å². The maximum Gasteiger partial charge on any atom is 0.188 e. The van der Waals surface area contributed by atoms with Crippen LogP contribution in [0.25, 0.3) is 11.1 Å². The number of carbonyl (C=O) groups is 4. The van der Waals surface area contributed by atoms with Crippen molar-refractivity contribution in [1.29, 1.82) is 0 Å². The Kier molecular flexibility index (Phi) is 8.33. The van der Waals surface area contributed by atoms with Crippen molar-refractivity contribution in [3.8, 4) is 11.5 Å². The molecule has 0 amide bonds. The number of ether oxygens (including phenoxy) is 2. The molecule has 0 aromatic carbocycles. The van der Waals surface area contributed by atoms with E-state index >= 15 is 0 Å². The Morgan fingerprint density at radius 2 is 0.850 bits per heavy atom. The topological polar surface area (TPSA) is 111 Å². The predicted molar refractivity (Wildman–Crippen MR) is 235 cm³/mol. The van der Waals surface area contributed by atoms with E-state index in [9.17, 15) is 19.2 Å². The Morgan fingerprint density at radius 3 is 1.18 bits per heavy atom. The molecular weight excluding hydrogens is 789 g/mol. The van der Waals surface area contributed by atoms with Gasteiger partial charge in [-0.25, -0.2) is 9.98 Å². The van der Waals surface area contributed by atoms with Crippen LogP contribution in [0, 0.1) is 59.2 Å². The Morgan fingerprint density at radius 1 is 0.517 bits per heavy atom. The summed E-state index contributed by atoms with van der Waals surface area (Å²) in [5, 5.41) is 1.28. The Bertz CT molecular complexity index is 2280. The number of fused-ring (bicyclic) bond motifs is 11. The van der Waals surface area contributed by atoms with Crippen LogP contribution < -0.4 is 9.47 Å². The second-order valence-corrected chi connectivity index (χ2v) is 22.7. The molecule has 8 nitrogen and oxygen atoms in total. The smallest absolute Gasteiger partial charge is 0.188 e. The Hall–Kier alpha value is -4.02. The zero-order valence-electron chi connectivity index (χ0n) is 34.9. The number of nitrogens with zero attached hydrogens (tertiary/aromatic N) is 2. The van der Waals surface area contributed by atoms with Gasteiger partial charge in [0, 0.05) is 47.6 Å². The van der Waals surface area contributed by atoms with Crippen LogP contribution in [0.15, 0.2) is 57.6 Å². The standard InChI is InChI=1S/C50H52N2O6S2/c1-49(2)35-19-27-18-34-36(50(3,4)58-38-22-40(60-48(34)38)52-42-45(55)31-15-25-11-7-8-12-26(25)16-32(31)46(42)56)20-28(27)17-33(35)47-37(57-49)21-39(59-47)51-41-43(53)29-13-23-9-5-6-10-24(23)14-30(29)44(41)54/h17-32H,5-16H2,1-4H3. The molecule has 60 heavy (non-hydrogen) atoms. The summed E-state index contributed by atoms with van der Waals surface area (Å²) in [5.74, 6) is 2.80. The van der Waals surface area contributed by atoms with Gasteiger partial charge in [0.25, 0.3) is 0 Å². The molecule has 10 atom stereocenters. The summed E-state index contributed by atoms with van der Waals surface area (Å²) in [6, 6.07) is 3.84. The fourth-order valence-electron chi connectivity index (χ4n) is 13.5. The highest BCUT2D eigenvalue weighted by Crippen LogP contribution is 2.58. The number of hydrogen-bond acceptors (Lipinski definition) is 10. The van der Waals surface area contributed by atoms with Crippen LogP contribution in [0.5, 0.6) is 11.5 Å². The van der Waals surface area contributed by atoms with Gasteiger partial charge < -0.3 is 9.47 Å². The minimum Gasteiger partial charge on any atom is -0.482 e. The minimum absolute atomic E-state index is 0.0559. The number of Topliss-reactive ketones (excluding diaryl/α,β-unsaturated/α-hetero) is 4. The first-order chi connectivity index (χ1) is 28.8. The molecule has 10 unspecified atom stereocenters. The number of thiophene rings is 2. The molecule has 12 rings (SSSR count). The predicted octanol–water partition coefficient (Wildman–Crippen LogP) is 10.8. The Balaban J connectivity index is 0.846. The monoisotopic (exact) mass is 840 g/mol. The van der Waals surface area contributed by atoms with Crippen LogP contribution >= 0.6 is 22.7 Å². The SMILES string of the molecule is CC1(C)Oc2cc(N=C3C(=O)C4CC5CCCCC5CC4C3=O)sc2C2=CC3C=C4C(=CC3C=C21)c1sc(N=C2C(=O)C3CC5CCCCC5CC3C2=O)cc1OC4(C)C. The van der Waals surface area contributed by atoms with Crippen LogP contribution in [0.3, 0.4) is 0 Å². The van der Waals surface area contributed by atoms with Crippen LogP contribution in [0.1, 0.15) is 114 Å². The third-order valence-electron chi connectivity index (χ3n) is 16.4. The molecule has 2 aliphatic heterocycles. The highest BCUT2D eigenvalue weighted by molar-refractivity contribution is 7.17. The lowest BCUT2D eigenvalue weighted by molar-refractivity contribution is -0.123. The van der Waals surface area contributed by atoms with E-state index in [4.69, 9.17) is 19.5 Å². The molecule has 0 saturated heterocycles. The van der Waals surface area contributed by atoms with Crippen LogP contribution in [-0.4, -0.2) is 45.8 Å². The van der Waals surface area contributed by atoms with Crippen molar-refractivity contribution >= 4 is 78.4 Å². The first-order valence-corrected chi connectivity index (χ1v) is 24.3. The van der Waals surface area contributed by atoms with E-state index in [1.165, 1.54) is 74.0 Å². The van der Waals surface area contributed by atoms with Crippen molar-refractivity contribution in [3.05, 3.63) is 57.3 Å². The number of rotatable bonds is 2. The molecule has 310 valence electrons. The summed E-state index contributed by atoms with van der Waals surface area (Å²) in [6.07, 6.45) is 22.4. The third kappa shape index (κ3) is 5.63. The number of carbonyl (C=O) groups excluding carboxylic acids is 4. The molecule has 10 aliphatic rings. The van der Waals surface area contributed by atoms with Crippen LogP contribution in [0.2, 0.25) is 0 Å². The maximum atomic E-state index is 13.7. The molecular formula is C50H52N2O6S2. The molecule has 4 heterocycles.